The summed E-state index contributed by atoms with van der Waals surface area (Å²) in [4.78, 5) is 19.8. The van der Waals surface area contributed by atoms with E-state index in [-0.39, 0.29) is 37.1 Å². The van der Waals surface area contributed by atoms with Gasteiger partial charge < -0.3 is 19.9 Å². The van der Waals surface area contributed by atoms with Crippen molar-refractivity contribution in [3.05, 3.63) is 84.2 Å². The number of piperazine rings is 1. The molecule has 0 saturated carbocycles. The van der Waals surface area contributed by atoms with Crippen LogP contribution in [-0.4, -0.2) is 110 Å². The fourth-order valence-electron chi connectivity index (χ4n) is 6.09. The van der Waals surface area contributed by atoms with E-state index in [1.54, 1.807) is 19.3 Å². The molecule has 5 rings (SSSR count). The predicted molar refractivity (Wildman–Crippen MR) is 188 cm³/mol. The summed E-state index contributed by atoms with van der Waals surface area (Å²) in [6.45, 7) is 7.58. The van der Waals surface area contributed by atoms with Gasteiger partial charge in [-0.2, -0.15) is 8.61 Å². The van der Waals surface area contributed by atoms with Gasteiger partial charge >= 0.3 is 0 Å². The Morgan fingerprint density at radius 3 is 2.26 bits per heavy atom. The number of aliphatic hydroxyl groups is 1. The van der Waals surface area contributed by atoms with Gasteiger partial charge in [-0.3, -0.25) is 14.7 Å². The summed E-state index contributed by atoms with van der Waals surface area (Å²) in [5, 5.41) is 14.5. The van der Waals surface area contributed by atoms with E-state index in [0.29, 0.717) is 44.2 Å². The molecule has 13 nitrogen and oxygen atoms in total. The highest BCUT2D eigenvalue weighted by atomic mass is 32.2. The van der Waals surface area contributed by atoms with Gasteiger partial charge in [0.25, 0.3) is 0 Å². The van der Waals surface area contributed by atoms with Gasteiger partial charge in [-0.25, -0.2) is 16.8 Å². The lowest BCUT2D eigenvalue weighted by molar-refractivity contribution is -0.125. The van der Waals surface area contributed by atoms with Crippen molar-refractivity contribution in [2.75, 3.05) is 51.8 Å². The van der Waals surface area contributed by atoms with Crippen LogP contribution < -0.4 is 14.8 Å². The molecule has 2 aliphatic heterocycles. The number of carbonyl (C=O) groups excluding carboxylic acids is 1. The second-order valence-corrected chi connectivity index (χ2v) is 17.3. The number of carbonyl (C=O) groups is 1. The number of sulfonamides is 2. The summed E-state index contributed by atoms with van der Waals surface area (Å²) in [7, 11) is -7.85. The SMILES string of the molecule is CC(C)CN(C[C@@H](O)C(Cc1ccccc1)NC(=O)[C@H](C)CS(=O)(=O)N1CCN(Cc2ccncc2)CC1)S(=O)(=O)c1ccc2c(c1)OCO2. The Morgan fingerprint density at radius 1 is 0.900 bits per heavy atom. The van der Waals surface area contributed by atoms with Crippen molar-refractivity contribution in [1.29, 1.82) is 0 Å². The first-order valence-corrected chi connectivity index (χ1v) is 19.9. The number of amides is 1. The average Bonchev–Trinajstić information content (AvgIpc) is 3.57. The van der Waals surface area contributed by atoms with E-state index >= 15 is 0 Å². The zero-order valence-corrected chi connectivity index (χ0v) is 30.4. The van der Waals surface area contributed by atoms with E-state index in [9.17, 15) is 26.7 Å². The van der Waals surface area contributed by atoms with Crippen LogP contribution in [0.3, 0.4) is 0 Å². The monoisotopic (exact) mass is 729 g/mol. The van der Waals surface area contributed by atoms with Gasteiger partial charge in [-0.1, -0.05) is 51.1 Å². The first kappa shape index (κ1) is 37.7. The number of nitrogens with one attached hydrogen (secondary N) is 1. The molecule has 1 amide bonds. The average molecular weight is 730 g/mol. The van der Waals surface area contributed by atoms with Gasteiger partial charge in [0.1, 0.15) is 0 Å². The Kier molecular flexibility index (Phi) is 12.5. The number of hydrogen-bond acceptors (Lipinski definition) is 10. The van der Waals surface area contributed by atoms with Crippen molar-refractivity contribution in [3.8, 4) is 11.5 Å². The van der Waals surface area contributed by atoms with Gasteiger partial charge in [0.05, 0.1) is 28.7 Å². The minimum atomic E-state index is -4.09. The molecule has 2 N–H and O–H groups in total. The molecule has 1 fully saturated rings. The normalized spacial score (nSPS) is 17.5. The highest BCUT2D eigenvalue weighted by Crippen LogP contribution is 2.35. The molecule has 0 bridgehead atoms. The van der Waals surface area contributed by atoms with Crippen LogP contribution in [0.4, 0.5) is 0 Å². The van der Waals surface area contributed by atoms with Crippen LogP contribution in [-0.2, 0) is 37.8 Å². The van der Waals surface area contributed by atoms with Gasteiger partial charge in [0, 0.05) is 64.3 Å². The molecular weight excluding hydrogens is 683 g/mol. The van der Waals surface area contributed by atoms with Gasteiger partial charge in [0.2, 0.25) is 32.7 Å². The molecule has 0 spiro atoms. The minimum absolute atomic E-state index is 0.00249. The summed E-state index contributed by atoms with van der Waals surface area (Å²) in [6, 6.07) is 16.6. The maximum Gasteiger partial charge on any atom is 0.243 e. The highest BCUT2D eigenvalue weighted by molar-refractivity contribution is 7.89. The number of aliphatic hydroxyl groups excluding tert-OH is 1. The van der Waals surface area contributed by atoms with Gasteiger partial charge in [-0.15, -0.1) is 0 Å². The molecule has 2 aromatic carbocycles. The van der Waals surface area contributed by atoms with Crippen molar-refractivity contribution in [2.45, 2.75) is 50.8 Å². The van der Waals surface area contributed by atoms with Crippen molar-refractivity contribution >= 4 is 26.0 Å². The first-order valence-electron chi connectivity index (χ1n) is 16.8. The molecule has 1 saturated heterocycles. The van der Waals surface area contributed by atoms with Crippen molar-refractivity contribution in [1.82, 2.24) is 23.8 Å². The molecule has 0 radical (unpaired) electrons. The predicted octanol–water partition coefficient (Wildman–Crippen LogP) is 2.33. The summed E-state index contributed by atoms with van der Waals surface area (Å²) in [5.41, 5.74) is 1.92. The number of ether oxygens (including phenoxy) is 2. The largest absolute Gasteiger partial charge is 0.454 e. The van der Waals surface area contributed by atoms with Crippen molar-refractivity contribution < 1.29 is 36.2 Å². The number of fused-ring (bicyclic) bond motifs is 1. The first-order chi connectivity index (χ1) is 23.8. The molecule has 1 unspecified atom stereocenters. The number of hydrogen-bond donors (Lipinski definition) is 2. The molecule has 50 heavy (non-hydrogen) atoms. The molecular formula is C35H47N5O8S2. The Labute approximate surface area is 295 Å². The lowest BCUT2D eigenvalue weighted by Crippen LogP contribution is -2.53. The molecule has 0 aliphatic carbocycles. The number of aromatic nitrogens is 1. The van der Waals surface area contributed by atoms with Crippen LogP contribution >= 0.6 is 0 Å². The lowest BCUT2D eigenvalue weighted by Gasteiger charge is -2.34. The zero-order chi connectivity index (χ0) is 35.9. The standard InChI is InChI=1S/C35H47N5O8S2/c1-26(2)21-40(50(45,46)30-9-10-33-34(20-30)48-25-47-33)23-32(41)31(19-28-7-5-4-6-8-28)37-35(42)27(3)24-49(43,44)39-17-15-38(16-18-39)22-29-11-13-36-14-12-29/h4-14,20,26-27,31-32,41H,15-19,21-25H2,1-3H3,(H,37,42)/t27-,31?,32-/m1/s1. The highest BCUT2D eigenvalue weighted by Gasteiger charge is 2.35. The molecule has 15 heteroatoms. The second kappa shape index (κ2) is 16.6. The van der Waals surface area contributed by atoms with E-state index in [2.05, 4.69) is 15.2 Å². The van der Waals surface area contributed by atoms with Crippen LogP contribution in [0.5, 0.6) is 11.5 Å². The quantitative estimate of drug-likeness (QED) is 0.224. The molecule has 1 aromatic heterocycles. The molecule has 3 heterocycles. The fraction of sp³-hybridized carbons (Fsp3) is 0.486. The van der Waals surface area contributed by atoms with Crippen molar-refractivity contribution in [2.24, 2.45) is 11.8 Å². The maximum atomic E-state index is 13.9. The third-order valence-electron chi connectivity index (χ3n) is 8.82. The number of nitrogens with zero attached hydrogens (tertiary/aromatic N) is 4. The van der Waals surface area contributed by atoms with Gasteiger partial charge in [0.15, 0.2) is 11.5 Å². The number of rotatable bonds is 16. The van der Waals surface area contributed by atoms with Crippen LogP contribution in [0, 0.1) is 11.8 Å². The third-order valence-corrected chi connectivity index (χ3v) is 12.7. The molecule has 3 aromatic rings. The van der Waals surface area contributed by atoms with E-state index in [1.807, 2.05) is 56.3 Å². The summed E-state index contributed by atoms with van der Waals surface area (Å²) in [6.07, 6.45) is 2.35. The summed E-state index contributed by atoms with van der Waals surface area (Å²) in [5.74, 6) is -1.17. The van der Waals surface area contributed by atoms with E-state index in [4.69, 9.17) is 9.47 Å². The van der Waals surface area contributed by atoms with Crippen LogP contribution in [0.1, 0.15) is 31.9 Å². The van der Waals surface area contributed by atoms with E-state index < -0.39 is 49.8 Å². The van der Waals surface area contributed by atoms with Crippen LogP contribution in [0.15, 0.2) is 78.0 Å². The Hall–Kier alpha value is -3.60. The number of benzene rings is 2. The molecule has 272 valence electrons. The van der Waals surface area contributed by atoms with E-state index in [0.717, 1.165) is 11.1 Å². The van der Waals surface area contributed by atoms with Crippen molar-refractivity contribution in [3.63, 3.8) is 0 Å². The Bertz CT molecular complexity index is 1790. The fourth-order valence-corrected chi connectivity index (χ4v) is 9.44. The van der Waals surface area contributed by atoms with Gasteiger partial charge in [-0.05, 0) is 47.7 Å². The summed E-state index contributed by atoms with van der Waals surface area (Å²) < 4.78 is 68.0. The van der Waals surface area contributed by atoms with Crippen LogP contribution in [0.2, 0.25) is 0 Å². The lowest BCUT2D eigenvalue weighted by atomic mass is 10.00. The molecule has 2 aliphatic rings. The third kappa shape index (κ3) is 9.80. The maximum absolute atomic E-state index is 13.9. The Balaban J connectivity index is 1.26. The minimum Gasteiger partial charge on any atom is -0.454 e. The summed E-state index contributed by atoms with van der Waals surface area (Å²) >= 11 is 0. The van der Waals surface area contributed by atoms with Crippen LogP contribution in [0.25, 0.3) is 0 Å². The smallest absolute Gasteiger partial charge is 0.243 e. The Morgan fingerprint density at radius 2 is 1.58 bits per heavy atom. The second-order valence-electron chi connectivity index (χ2n) is 13.3. The van der Waals surface area contributed by atoms with E-state index in [1.165, 1.54) is 26.8 Å². The molecule has 3 atom stereocenters. The topological polar surface area (TPSA) is 159 Å². The number of pyridine rings is 1. The zero-order valence-electron chi connectivity index (χ0n) is 28.7.